The Bertz CT molecular complexity index is 395. The van der Waals surface area contributed by atoms with Gasteiger partial charge in [0.2, 0.25) is 0 Å². The van der Waals surface area contributed by atoms with E-state index in [0.29, 0.717) is 6.04 Å². The van der Waals surface area contributed by atoms with Crippen molar-refractivity contribution >= 4 is 5.82 Å². The largest absolute Gasteiger partial charge is 0.395 e. The van der Waals surface area contributed by atoms with Gasteiger partial charge in [0.25, 0.3) is 0 Å². The predicted molar refractivity (Wildman–Crippen MR) is 82.1 cm³/mol. The van der Waals surface area contributed by atoms with Crippen molar-refractivity contribution in [2.75, 3.05) is 51.3 Å². The minimum atomic E-state index is 0.245. The van der Waals surface area contributed by atoms with Crippen LogP contribution in [-0.4, -0.2) is 61.4 Å². The number of rotatable bonds is 5. The summed E-state index contributed by atoms with van der Waals surface area (Å²) >= 11 is 0. The molecule has 1 aliphatic rings. The molecule has 1 atom stereocenters. The number of nitrogens with one attached hydrogen (secondary N) is 1. The van der Waals surface area contributed by atoms with Gasteiger partial charge in [0, 0.05) is 38.4 Å². The number of anilines is 1. The predicted octanol–water partition coefficient (Wildman–Crippen LogP) is 0.866. The molecule has 1 aromatic heterocycles. The molecule has 5 nitrogen and oxygen atoms in total. The molecule has 1 aliphatic heterocycles. The van der Waals surface area contributed by atoms with Gasteiger partial charge in [-0.15, -0.1) is 0 Å². The Hall–Kier alpha value is -1.17. The summed E-state index contributed by atoms with van der Waals surface area (Å²) < 4.78 is 0. The highest BCUT2D eigenvalue weighted by molar-refractivity contribution is 5.40. The maximum absolute atomic E-state index is 9.03. The summed E-state index contributed by atoms with van der Waals surface area (Å²) in [6.45, 7) is 7.23. The van der Waals surface area contributed by atoms with Crippen LogP contribution in [0.3, 0.4) is 0 Å². The van der Waals surface area contributed by atoms with Crippen LogP contribution < -0.4 is 10.2 Å². The van der Waals surface area contributed by atoms with Gasteiger partial charge in [-0.1, -0.05) is 6.07 Å². The lowest BCUT2D eigenvalue weighted by molar-refractivity contribution is 0.204. The molecule has 0 aliphatic carbocycles. The molecule has 5 heteroatoms. The average molecular weight is 278 g/mol. The second-order valence-electron chi connectivity index (χ2n) is 5.37. The molecule has 1 fully saturated rings. The molecular formula is C15H26N4O. The molecule has 0 aromatic carbocycles. The third kappa shape index (κ3) is 3.91. The van der Waals surface area contributed by atoms with Gasteiger partial charge in [0.1, 0.15) is 5.82 Å². The van der Waals surface area contributed by atoms with E-state index in [9.17, 15) is 0 Å². The van der Waals surface area contributed by atoms with E-state index in [-0.39, 0.29) is 6.61 Å². The lowest BCUT2D eigenvalue weighted by Gasteiger charge is -2.23. The summed E-state index contributed by atoms with van der Waals surface area (Å²) in [6.07, 6.45) is 3.09. The third-order valence-corrected chi connectivity index (χ3v) is 4.03. The zero-order valence-electron chi connectivity index (χ0n) is 12.5. The van der Waals surface area contributed by atoms with Gasteiger partial charge in [-0.05, 0) is 38.6 Å². The number of pyridine rings is 1. The smallest absolute Gasteiger partial charge is 0.128 e. The Labute approximate surface area is 121 Å². The van der Waals surface area contributed by atoms with Crippen molar-refractivity contribution in [3.05, 3.63) is 23.9 Å². The third-order valence-electron chi connectivity index (χ3n) is 4.03. The summed E-state index contributed by atoms with van der Waals surface area (Å²) in [6, 6.07) is 4.60. The molecule has 0 amide bonds. The number of β-amino-alcohol motifs (C(OH)–C–C–N with tert-alkyl or cyclic N) is 1. The summed E-state index contributed by atoms with van der Waals surface area (Å²) in [7, 11) is 1.96. The number of aliphatic hydroxyl groups is 1. The van der Waals surface area contributed by atoms with Gasteiger partial charge < -0.3 is 15.3 Å². The van der Waals surface area contributed by atoms with Crippen molar-refractivity contribution in [2.45, 2.75) is 19.4 Å². The van der Waals surface area contributed by atoms with E-state index < -0.39 is 0 Å². The number of nitrogens with zero attached hydrogens (tertiary/aromatic N) is 3. The molecule has 2 N–H and O–H groups in total. The van der Waals surface area contributed by atoms with Crippen molar-refractivity contribution in [2.24, 2.45) is 0 Å². The number of aromatic nitrogens is 1. The zero-order chi connectivity index (χ0) is 14.4. The normalized spacial score (nSPS) is 18.9. The second kappa shape index (κ2) is 7.57. The van der Waals surface area contributed by atoms with E-state index in [0.717, 1.165) is 45.0 Å². The second-order valence-corrected chi connectivity index (χ2v) is 5.37. The number of aliphatic hydroxyl groups excluding tert-OH is 1. The van der Waals surface area contributed by atoms with Crippen molar-refractivity contribution in [3.63, 3.8) is 0 Å². The van der Waals surface area contributed by atoms with Gasteiger partial charge in [-0.25, -0.2) is 4.98 Å². The lowest BCUT2D eigenvalue weighted by Crippen LogP contribution is -2.32. The molecule has 2 rings (SSSR count). The molecule has 2 heterocycles. The van der Waals surface area contributed by atoms with Crippen LogP contribution in [0.2, 0.25) is 0 Å². The quantitative estimate of drug-likeness (QED) is 0.837. The Balaban J connectivity index is 1.97. The van der Waals surface area contributed by atoms with Crippen LogP contribution in [0, 0.1) is 0 Å². The van der Waals surface area contributed by atoms with Crippen molar-refractivity contribution < 1.29 is 5.11 Å². The van der Waals surface area contributed by atoms with E-state index in [1.807, 2.05) is 13.2 Å². The molecule has 20 heavy (non-hydrogen) atoms. The van der Waals surface area contributed by atoms with Gasteiger partial charge in [-0.3, -0.25) is 4.90 Å². The fraction of sp³-hybridized carbons (Fsp3) is 0.667. The van der Waals surface area contributed by atoms with E-state index in [4.69, 9.17) is 5.11 Å². The van der Waals surface area contributed by atoms with Crippen LogP contribution >= 0.6 is 0 Å². The number of hydrogen-bond donors (Lipinski definition) is 2. The van der Waals surface area contributed by atoms with Crippen molar-refractivity contribution in [1.82, 2.24) is 15.2 Å². The van der Waals surface area contributed by atoms with Gasteiger partial charge in [0.05, 0.1) is 6.61 Å². The maximum atomic E-state index is 9.03. The lowest BCUT2D eigenvalue weighted by atomic mass is 10.1. The van der Waals surface area contributed by atoms with Gasteiger partial charge in [0.15, 0.2) is 0 Å². The highest BCUT2D eigenvalue weighted by atomic mass is 16.3. The Kier molecular flexibility index (Phi) is 5.76. The van der Waals surface area contributed by atoms with Gasteiger partial charge >= 0.3 is 0 Å². The van der Waals surface area contributed by atoms with Gasteiger partial charge in [-0.2, -0.15) is 0 Å². The molecule has 0 spiro atoms. The molecule has 1 unspecified atom stereocenters. The standard InChI is InChI=1S/C15H26N4O/c1-13(16-2)14-4-5-15(17-12-14)19-7-3-6-18(8-9-19)10-11-20/h4-5,12-13,16,20H,3,6-11H2,1-2H3. The molecule has 1 aromatic rings. The summed E-state index contributed by atoms with van der Waals surface area (Å²) in [5.74, 6) is 1.06. The van der Waals surface area contributed by atoms with Crippen LogP contribution in [0.5, 0.6) is 0 Å². The first kappa shape index (κ1) is 15.2. The maximum Gasteiger partial charge on any atom is 0.128 e. The summed E-state index contributed by atoms with van der Waals surface area (Å²) in [4.78, 5) is 9.26. The van der Waals surface area contributed by atoms with Crippen LogP contribution in [0.1, 0.15) is 24.9 Å². The molecule has 0 bridgehead atoms. The van der Waals surface area contributed by atoms with Crippen LogP contribution in [0.25, 0.3) is 0 Å². The highest BCUT2D eigenvalue weighted by Crippen LogP contribution is 2.17. The van der Waals surface area contributed by atoms with Crippen molar-refractivity contribution in [1.29, 1.82) is 0 Å². The molecular weight excluding hydrogens is 252 g/mol. The highest BCUT2D eigenvalue weighted by Gasteiger charge is 2.15. The Morgan fingerprint density at radius 1 is 1.30 bits per heavy atom. The SMILES string of the molecule is CNC(C)c1ccc(N2CCCN(CCO)CC2)nc1. The molecule has 0 radical (unpaired) electrons. The first-order valence-electron chi connectivity index (χ1n) is 7.46. The van der Waals surface area contributed by atoms with Crippen LogP contribution in [0.4, 0.5) is 5.82 Å². The number of hydrogen-bond acceptors (Lipinski definition) is 5. The Morgan fingerprint density at radius 2 is 2.15 bits per heavy atom. The average Bonchev–Trinajstić information content (AvgIpc) is 2.73. The van der Waals surface area contributed by atoms with Crippen molar-refractivity contribution in [3.8, 4) is 0 Å². The van der Waals surface area contributed by atoms with E-state index >= 15 is 0 Å². The zero-order valence-corrected chi connectivity index (χ0v) is 12.5. The first-order chi connectivity index (χ1) is 9.74. The Morgan fingerprint density at radius 3 is 2.80 bits per heavy atom. The van der Waals surface area contributed by atoms with Crippen LogP contribution in [-0.2, 0) is 0 Å². The fourth-order valence-electron chi connectivity index (χ4n) is 2.57. The first-order valence-corrected chi connectivity index (χ1v) is 7.46. The van der Waals surface area contributed by atoms with E-state index in [1.165, 1.54) is 5.56 Å². The molecule has 1 saturated heterocycles. The molecule has 0 saturated carbocycles. The summed E-state index contributed by atoms with van der Waals surface area (Å²) in [5, 5.41) is 12.3. The van der Waals surface area contributed by atoms with E-state index in [2.05, 4.69) is 39.2 Å². The van der Waals surface area contributed by atoms with E-state index in [1.54, 1.807) is 0 Å². The summed E-state index contributed by atoms with van der Waals surface area (Å²) in [5.41, 5.74) is 1.22. The van der Waals surface area contributed by atoms with Crippen LogP contribution in [0.15, 0.2) is 18.3 Å². The molecule has 112 valence electrons. The topological polar surface area (TPSA) is 51.6 Å². The monoisotopic (exact) mass is 278 g/mol. The minimum absolute atomic E-state index is 0.245. The fourth-order valence-corrected chi connectivity index (χ4v) is 2.57. The minimum Gasteiger partial charge on any atom is -0.395 e.